The first-order valence-corrected chi connectivity index (χ1v) is 8.62. The molecule has 0 saturated carbocycles. The van der Waals surface area contributed by atoms with E-state index in [0.29, 0.717) is 22.1 Å². The summed E-state index contributed by atoms with van der Waals surface area (Å²) in [5.74, 6) is -0.357. The van der Waals surface area contributed by atoms with Crippen LogP contribution in [0.2, 0.25) is 5.02 Å². The van der Waals surface area contributed by atoms with Gasteiger partial charge in [0, 0.05) is 15.1 Å². The van der Waals surface area contributed by atoms with Crippen LogP contribution in [0.15, 0.2) is 64.2 Å². The molecule has 1 heterocycles. The molecule has 7 heteroatoms. The number of nitrogens with zero attached hydrogens (tertiary/aromatic N) is 2. The van der Waals surface area contributed by atoms with Gasteiger partial charge < -0.3 is 0 Å². The molecule has 0 fully saturated rings. The van der Waals surface area contributed by atoms with E-state index in [4.69, 9.17) is 11.6 Å². The van der Waals surface area contributed by atoms with Gasteiger partial charge in [0.2, 0.25) is 0 Å². The third kappa shape index (κ3) is 4.35. The maximum absolute atomic E-state index is 12.2. The van der Waals surface area contributed by atoms with Crippen LogP contribution in [0.3, 0.4) is 0 Å². The van der Waals surface area contributed by atoms with E-state index >= 15 is 0 Å². The van der Waals surface area contributed by atoms with E-state index < -0.39 is 0 Å². The highest BCUT2D eigenvalue weighted by Gasteiger charge is 2.11. The zero-order valence-corrected chi connectivity index (χ0v) is 15.6. The Hall–Kier alpha value is -2.44. The van der Waals surface area contributed by atoms with E-state index in [9.17, 15) is 4.79 Å². The summed E-state index contributed by atoms with van der Waals surface area (Å²) in [6.07, 6.45) is 0. The second-order valence-electron chi connectivity index (χ2n) is 5.32. The standard InChI is InChI=1S/C18H14BrClN4O/c1-11(12-2-6-14(19)7-3-12)21-24-18(25)17-10-16(22-23-17)13-4-8-15(20)9-5-13/h2-10H,1H3,(H,22,23)(H,24,25)/b21-11-. The molecule has 0 unspecified atom stereocenters. The molecule has 3 aromatic rings. The molecule has 2 aromatic carbocycles. The van der Waals surface area contributed by atoms with E-state index in [0.717, 1.165) is 15.6 Å². The topological polar surface area (TPSA) is 70.1 Å². The van der Waals surface area contributed by atoms with Crippen LogP contribution in [-0.4, -0.2) is 21.8 Å². The van der Waals surface area contributed by atoms with Gasteiger partial charge in [0.05, 0.1) is 11.4 Å². The number of aromatic amines is 1. The fourth-order valence-electron chi connectivity index (χ4n) is 2.16. The maximum atomic E-state index is 12.2. The van der Waals surface area contributed by atoms with Crippen molar-refractivity contribution in [2.45, 2.75) is 6.92 Å². The van der Waals surface area contributed by atoms with Crippen LogP contribution < -0.4 is 5.43 Å². The summed E-state index contributed by atoms with van der Waals surface area (Å²) in [4.78, 5) is 12.2. The van der Waals surface area contributed by atoms with Crippen LogP contribution in [0.5, 0.6) is 0 Å². The summed E-state index contributed by atoms with van der Waals surface area (Å²) in [5, 5.41) is 11.6. The lowest BCUT2D eigenvalue weighted by molar-refractivity contribution is 0.0950. The van der Waals surface area contributed by atoms with Gasteiger partial charge in [-0.05, 0) is 42.8 Å². The first kappa shape index (κ1) is 17.4. The second kappa shape index (κ2) is 7.63. The number of halogens is 2. The molecule has 1 aromatic heterocycles. The van der Waals surface area contributed by atoms with Crippen LogP contribution in [0.1, 0.15) is 23.0 Å². The quantitative estimate of drug-likeness (QED) is 0.479. The molecule has 0 aliphatic heterocycles. The van der Waals surface area contributed by atoms with E-state index in [1.54, 1.807) is 18.2 Å². The molecule has 1 amide bonds. The summed E-state index contributed by atoms with van der Waals surface area (Å²) in [6.45, 7) is 1.83. The first-order valence-electron chi connectivity index (χ1n) is 7.45. The highest BCUT2D eigenvalue weighted by Crippen LogP contribution is 2.20. The third-order valence-corrected chi connectivity index (χ3v) is 4.33. The number of H-pyrrole nitrogens is 1. The molecule has 0 bridgehead atoms. The molecule has 2 N–H and O–H groups in total. The van der Waals surface area contributed by atoms with Crippen LogP contribution >= 0.6 is 27.5 Å². The number of rotatable bonds is 4. The third-order valence-electron chi connectivity index (χ3n) is 3.55. The summed E-state index contributed by atoms with van der Waals surface area (Å²) in [6, 6.07) is 16.6. The molecule has 0 aliphatic carbocycles. The Kier molecular flexibility index (Phi) is 5.31. The minimum atomic E-state index is -0.357. The number of benzene rings is 2. The lowest BCUT2D eigenvalue weighted by atomic mass is 10.1. The molecular weight excluding hydrogens is 404 g/mol. The van der Waals surface area contributed by atoms with Gasteiger partial charge in [-0.2, -0.15) is 10.2 Å². The van der Waals surface area contributed by atoms with E-state index in [1.807, 2.05) is 43.3 Å². The maximum Gasteiger partial charge on any atom is 0.289 e. The Morgan fingerprint density at radius 3 is 2.52 bits per heavy atom. The normalized spacial score (nSPS) is 11.4. The Balaban J connectivity index is 1.70. The van der Waals surface area contributed by atoms with Crippen molar-refractivity contribution in [1.29, 1.82) is 0 Å². The molecule has 0 aliphatic rings. The van der Waals surface area contributed by atoms with E-state index in [2.05, 4.69) is 36.7 Å². The molecule has 25 heavy (non-hydrogen) atoms. The zero-order chi connectivity index (χ0) is 17.8. The van der Waals surface area contributed by atoms with Gasteiger partial charge in [0.25, 0.3) is 5.91 Å². The average Bonchev–Trinajstić information content (AvgIpc) is 3.11. The molecule has 126 valence electrons. The number of aromatic nitrogens is 2. The Bertz CT molecular complexity index is 917. The van der Waals surface area contributed by atoms with Gasteiger partial charge in [0.1, 0.15) is 5.69 Å². The Labute approximate surface area is 158 Å². The Morgan fingerprint density at radius 1 is 1.16 bits per heavy atom. The second-order valence-corrected chi connectivity index (χ2v) is 6.67. The van der Waals surface area contributed by atoms with Crippen molar-refractivity contribution in [3.05, 3.63) is 75.4 Å². The van der Waals surface area contributed by atoms with Gasteiger partial charge in [0.15, 0.2) is 0 Å². The molecular formula is C18H14BrClN4O. The van der Waals surface area contributed by atoms with Crippen molar-refractivity contribution in [3.8, 4) is 11.3 Å². The van der Waals surface area contributed by atoms with E-state index in [-0.39, 0.29) is 5.91 Å². The van der Waals surface area contributed by atoms with Crippen molar-refractivity contribution in [3.63, 3.8) is 0 Å². The number of hydrogen-bond donors (Lipinski definition) is 2. The number of amides is 1. The Morgan fingerprint density at radius 2 is 1.84 bits per heavy atom. The minimum absolute atomic E-state index is 0.331. The van der Waals surface area contributed by atoms with Gasteiger partial charge in [-0.1, -0.05) is 51.8 Å². The van der Waals surface area contributed by atoms with Gasteiger partial charge in [-0.25, -0.2) is 5.43 Å². The number of hydrogen-bond acceptors (Lipinski definition) is 3. The fourth-order valence-corrected chi connectivity index (χ4v) is 2.55. The number of carbonyl (C=O) groups excluding carboxylic acids is 1. The highest BCUT2D eigenvalue weighted by molar-refractivity contribution is 9.10. The molecule has 0 spiro atoms. The molecule has 0 atom stereocenters. The largest absolute Gasteiger partial charge is 0.289 e. The summed E-state index contributed by atoms with van der Waals surface area (Å²) >= 11 is 9.26. The zero-order valence-electron chi connectivity index (χ0n) is 13.3. The van der Waals surface area contributed by atoms with Crippen molar-refractivity contribution in [1.82, 2.24) is 15.6 Å². The minimum Gasteiger partial charge on any atom is -0.272 e. The molecule has 5 nitrogen and oxygen atoms in total. The summed E-state index contributed by atoms with van der Waals surface area (Å²) in [5.41, 5.74) is 6.03. The summed E-state index contributed by atoms with van der Waals surface area (Å²) in [7, 11) is 0. The van der Waals surface area contributed by atoms with Crippen LogP contribution in [-0.2, 0) is 0 Å². The fraction of sp³-hybridized carbons (Fsp3) is 0.0556. The molecule has 3 rings (SSSR count). The molecule has 0 saturated heterocycles. The average molecular weight is 418 g/mol. The van der Waals surface area contributed by atoms with Crippen molar-refractivity contribution >= 4 is 39.1 Å². The monoisotopic (exact) mass is 416 g/mol. The highest BCUT2D eigenvalue weighted by atomic mass is 79.9. The number of carbonyl (C=O) groups is 1. The van der Waals surface area contributed by atoms with Gasteiger partial charge >= 0.3 is 0 Å². The predicted octanol–water partition coefficient (Wildman–Crippen LogP) is 4.65. The lowest BCUT2D eigenvalue weighted by Gasteiger charge is -2.02. The van der Waals surface area contributed by atoms with Crippen molar-refractivity contribution in [2.75, 3.05) is 0 Å². The van der Waals surface area contributed by atoms with Gasteiger partial charge in [-0.3, -0.25) is 9.89 Å². The van der Waals surface area contributed by atoms with Crippen molar-refractivity contribution < 1.29 is 4.79 Å². The number of nitrogens with one attached hydrogen (secondary N) is 2. The SMILES string of the molecule is C/C(=N/NC(=O)c1cc(-c2ccc(Cl)cc2)n[nH]1)c1ccc(Br)cc1. The van der Waals surface area contributed by atoms with Crippen LogP contribution in [0.25, 0.3) is 11.3 Å². The molecule has 0 radical (unpaired) electrons. The smallest absolute Gasteiger partial charge is 0.272 e. The lowest BCUT2D eigenvalue weighted by Crippen LogP contribution is -2.19. The van der Waals surface area contributed by atoms with Crippen LogP contribution in [0, 0.1) is 0 Å². The summed E-state index contributed by atoms with van der Waals surface area (Å²) < 4.78 is 0.986. The van der Waals surface area contributed by atoms with Crippen LogP contribution in [0.4, 0.5) is 0 Å². The number of hydrazone groups is 1. The first-order chi connectivity index (χ1) is 12.0. The van der Waals surface area contributed by atoms with E-state index in [1.165, 1.54) is 0 Å². The van der Waals surface area contributed by atoms with Crippen molar-refractivity contribution in [2.24, 2.45) is 5.10 Å². The predicted molar refractivity (Wildman–Crippen MR) is 103 cm³/mol. The van der Waals surface area contributed by atoms with Gasteiger partial charge in [-0.15, -0.1) is 0 Å².